The number of rotatable bonds is 6. The van der Waals surface area contributed by atoms with Crippen molar-refractivity contribution >= 4 is 6.09 Å². The van der Waals surface area contributed by atoms with E-state index in [0.29, 0.717) is 13.2 Å². The summed E-state index contributed by atoms with van der Waals surface area (Å²) in [6.45, 7) is 6.40. The lowest BCUT2D eigenvalue weighted by Crippen LogP contribution is -2.36. The number of nitrogens with one attached hydrogen (secondary N) is 1. The molecule has 1 amide bonds. The zero-order valence-electron chi connectivity index (χ0n) is 14.5. The molecule has 0 aliphatic heterocycles. The summed E-state index contributed by atoms with van der Waals surface area (Å²) in [6.07, 6.45) is -0.445. The molecule has 2 rings (SSSR count). The van der Waals surface area contributed by atoms with E-state index < -0.39 is 11.7 Å². The molecule has 0 radical (unpaired) electrons. The normalized spacial score (nSPS) is 12.5. The molecule has 0 aromatic heterocycles. The standard InChI is InChI=1S/C20H25NO3/c1-20(2,3)24-19(22)21-18(17-12-8-5-9-13-17)15-23-14-16-10-6-4-7-11-16/h4-13,18H,14-15H2,1-3H3,(H,21,22)/t18-/m1/s1. The van der Waals surface area contributed by atoms with Gasteiger partial charge in [0.05, 0.1) is 19.3 Å². The molecule has 2 aromatic rings. The summed E-state index contributed by atoms with van der Waals surface area (Å²) in [5.41, 5.74) is 1.55. The van der Waals surface area contributed by atoms with Crippen LogP contribution in [0.15, 0.2) is 60.7 Å². The topological polar surface area (TPSA) is 47.6 Å². The maximum atomic E-state index is 12.1. The van der Waals surface area contributed by atoms with Gasteiger partial charge in [-0.1, -0.05) is 60.7 Å². The maximum Gasteiger partial charge on any atom is 0.408 e. The molecule has 128 valence electrons. The lowest BCUT2D eigenvalue weighted by atomic mass is 10.1. The average molecular weight is 327 g/mol. The number of alkyl carbamates (subject to hydrolysis) is 1. The monoisotopic (exact) mass is 327 g/mol. The molecule has 0 spiro atoms. The van der Waals surface area contributed by atoms with E-state index >= 15 is 0 Å². The minimum absolute atomic E-state index is 0.259. The minimum Gasteiger partial charge on any atom is -0.444 e. The first-order valence-electron chi connectivity index (χ1n) is 8.10. The summed E-state index contributed by atoms with van der Waals surface area (Å²) in [6, 6.07) is 19.5. The van der Waals surface area contributed by atoms with Crippen molar-refractivity contribution in [1.82, 2.24) is 5.32 Å². The van der Waals surface area contributed by atoms with Crippen molar-refractivity contribution in [3.63, 3.8) is 0 Å². The average Bonchev–Trinajstić information content (AvgIpc) is 2.54. The van der Waals surface area contributed by atoms with E-state index in [1.165, 1.54) is 0 Å². The van der Waals surface area contributed by atoms with Crippen LogP contribution in [0.4, 0.5) is 4.79 Å². The molecule has 2 aromatic carbocycles. The molecular weight excluding hydrogens is 302 g/mol. The molecule has 4 heteroatoms. The molecule has 1 N–H and O–H groups in total. The van der Waals surface area contributed by atoms with Crippen molar-refractivity contribution in [2.45, 2.75) is 39.0 Å². The van der Waals surface area contributed by atoms with Crippen molar-refractivity contribution < 1.29 is 14.3 Å². The van der Waals surface area contributed by atoms with Crippen LogP contribution in [0.2, 0.25) is 0 Å². The first kappa shape index (κ1) is 18.0. The van der Waals surface area contributed by atoms with Gasteiger partial charge in [-0.15, -0.1) is 0 Å². The van der Waals surface area contributed by atoms with E-state index in [9.17, 15) is 4.79 Å². The Morgan fingerprint density at radius 1 is 1.00 bits per heavy atom. The maximum absolute atomic E-state index is 12.1. The van der Waals surface area contributed by atoms with Crippen LogP contribution in [-0.4, -0.2) is 18.3 Å². The Labute approximate surface area is 143 Å². The Bertz CT molecular complexity index is 620. The molecule has 0 saturated carbocycles. The highest BCUT2D eigenvalue weighted by Crippen LogP contribution is 2.16. The van der Waals surface area contributed by atoms with Crippen molar-refractivity contribution in [1.29, 1.82) is 0 Å². The zero-order chi connectivity index (χ0) is 17.4. The molecule has 0 fully saturated rings. The molecule has 1 atom stereocenters. The van der Waals surface area contributed by atoms with Gasteiger partial charge in [0.25, 0.3) is 0 Å². The minimum atomic E-state index is -0.532. The van der Waals surface area contributed by atoms with E-state index in [-0.39, 0.29) is 6.04 Å². The third-order valence-corrected chi connectivity index (χ3v) is 3.29. The number of ether oxygens (including phenoxy) is 2. The fraction of sp³-hybridized carbons (Fsp3) is 0.350. The van der Waals surface area contributed by atoms with E-state index in [2.05, 4.69) is 5.32 Å². The smallest absolute Gasteiger partial charge is 0.408 e. The predicted octanol–water partition coefficient (Wildman–Crippen LogP) is 4.47. The second-order valence-corrected chi connectivity index (χ2v) is 6.61. The van der Waals surface area contributed by atoms with Gasteiger partial charge in [-0.2, -0.15) is 0 Å². The summed E-state index contributed by atoms with van der Waals surface area (Å²) in [4.78, 5) is 12.1. The van der Waals surface area contributed by atoms with Crippen LogP contribution in [0.3, 0.4) is 0 Å². The van der Waals surface area contributed by atoms with Crippen LogP contribution in [-0.2, 0) is 16.1 Å². The highest BCUT2D eigenvalue weighted by molar-refractivity contribution is 5.68. The first-order valence-corrected chi connectivity index (χ1v) is 8.10. The van der Waals surface area contributed by atoms with Crippen LogP contribution >= 0.6 is 0 Å². The van der Waals surface area contributed by atoms with Gasteiger partial charge < -0.3 is 14.8 Å². The number of hydrogen-bond donors (Lipinski definition) is 1. The number of hydrogen-bond acceptors (Lipinski definition) is 3. The summed E-state index contributed by atoms with van der Waals surface area (Å²) in [5.74, 6) is 0. The Hall–Kier alpha value is -2.33. The largest absolute Gasteiger partial charge is 0.444 e. The number of benzene rings is 2. The number of carbonyl (C=O) groups is 1. The van der Waals surface area contributed by atoms with Crippen molar-refractivity contribution in [3.05, 3.63) is 71.8 Å². The molecule has 0 unspecified atom stereocenters. The second-order valence-electron chi connectivity index (χ2n) is 6.61. The number of carbonyl (C=O) groups excluding carboxylic acids is 1. The van der Waals surface area contributed by atoms with Crippen LogP contribution < -0.4 is 5.32 Å². The van der Waals surface area contributed by atoms with Gasteiger partial charge in [-0.25, -0.2) is 4.79 Å². The van der Waals surface area contributed by atoms with Crippen molar-refractivity contribution in [2.24, 2.45) is 0 Å². The molecule has 24 heavy (non-hydrogen) atoms. The van der Waals surface area contributed by atoms with Crippen LogP contribution in [0.1, 0.15) is 37.9 Å². The lowest BCUT2D eigenvalue weighted by molar-refractivity contribution is 0.0427. The van der Waals surface area contributed by atoms with Gasteiger partial charge in [-0.05, 0) is 31.9 Å². The zero-order valence-corrected chi connectivity index (χ0v) is 14.5. The third kappa shape index (κ3) is 6.42. The fourth-order valence-corrected chi connectivity index (χ4v) is 2.23. The van der Waals surface area contributed by atoms with Gasteiger partial charge in [-0.3, -0.25) is 0 Å². The summed E-state index contributed by atoms with van der Waals surface area (Å²) in [5, 5.41) is 2.89. The Morgan fingerprint density at radius 2 is 1.58 bits per heavy atom. The highest BCUT2D eigenvalue weighted by atomic mass is 16.6. The SMILES string of the molecule is CC(C)(C)OC(=O)N[C@H](COCc1ccccc1)c1ccccc1. The molecule has 4 nitrogen and oxygen atoms in total. The molecule has 0 bridgehead atoms. The van der Waals surface area contributed by atoms with E-state index in [0.717, 1.165) is 11.1 Å². The summed E-state index contributed by atoms with van der Waals surface area (Å²) in [7, 11) is 0. The van der Waals surface area contributed by atoms with Crippen molar-refractivity contribution in [2.75, 3.05) is 6.61 Å². The quantitative estimate of drug-likeness (QED) is 0.851. The molecule has 0 heterocycles. The predicted molar refractivity (Wildman–Crippen MR) is 94.7 cm³/mol. The van der Waals surface area contributed by atoms with E-state index in [1.54, 1.807) is 0 Å². The van der Waals surface area contributed by atoms with Crippen molar-refractivity contribution in [3.8, 4) is 0 Å². The number of amides is 1. The third-order valence-electron chi connectivity index (χ3n) is 3.29. The molecular formula is C20H25NO3. The highest BCUT2D eigenvalue weighted by Gasteiger charge is 2.20. The van der Waals surface area contributed by atoms with Gasteiger partial charge in [0.15, 0.2) is 0 Å². The van der Waals surface area contributed by atoms with Gasteiger partial charge in [0.1, 0.15) is 5.60 Å². The molecule has 0 aliphatic rings. The Balaban J connectivity index is 1.97. The second kappa shape index (κ2) is 8.50. The van der Waals surface area contributed by atoms with Crippen LogP contribution in [0.25, 0.3) is 0 Å². The van der Waals surface area contributed by atoms with Gasteiger partial charge in [0.2, 0.25) is 0 Å². The van der Waals surface area contributed by atoms with Crippen LogP contribution in [0, 0.1) is 0 Å². The Morgan fingerprint density at radius 3 is 2.17 bits per heavy atom. The van der Waals surface area contributed by atoms with Gasteiger partial charge in [0, 0.05) is 0 Å². The van der Waals surface area contributed by atoms with E-state index in [1.807, 2.05) is 81.4 Å². The fourth-order valence-electron chi connectivity index (χ4n) is 2.23. The Kier molecular flexibility index (Phi) is 6.38. The summed E-state index contributed by atoms with van der Waals surface area (Å²) >= 11 is 0. The lowest BCUT2D eigenvalue weighted by Gasteiger charge is -2.24. The van der Waals surface area contributed by atoms with Gasteiger partial charge >= 0.3 is 6.09 Å². The van der Waals surface area contributed by atoms with E-state index in [4.69, 9.17) is 9.47 Å². The summed E-state index contributed by atoms with van der Waals surface area (Å²) < 4.78 is 11.1. The first-order chi connectivity index (χ1) is 11.4. The molecule has 0 aliphatic carbocycles. The molecule has 0 saturated heterocycles. The van der Waals surface area contributed by atoms with Crippen LogP contribution in [0.5, 0.6) is 0 Å².